The molecule has 0 bridgehead atoms. The molecule has 1 N–H and O–H groups in total. The van der Waals surface area contributed by atoms with E-state index in [4.69, 9.17) is 4.74 Å². The average molecular weight is 257 g/mol. The second kappa shape index (κ2) is 7.33. The van der Waals surface area contributed by atoms with E-state index >= 15 is 0 Å². The van der Waals surface area contributed by atoms with Crippen LogP contribution in [0.2, 0.25) is 0 Å². The molecule has 0 aromatic heterocycles. The molecule has 6 nitrogen and oxygen atoms in total. The van der Waals surface area contributed by atoms with Crippen LogP contribution < -0.4 is 5.32 Å². The minimum atomic E-state index is -0.427. The van der Waals surface area contributed by atoms with Crippen molar-refractivity contribution in [1.82, 2.24) is 15.1 Å². The Bertz CT molecular complexity index is 290. The number of ether oxygens (including phenoxy) is 1. The van der Waals surface area contributed by atoms with Gasteiger partial charge in [0.15, 0.2) is 0 Å². The maximum atomic E-state index is 12.1. The van der Waals surface area contributed by atoms with Crippen LogP contribution in [0.25, 0.3) is 0 Å². The van der Waals surface area contributed by atoms with E-state index in [1.165, 1.54) is 0 Å². The van der Waals surface area contributed by atoms with Crippen molar-refractivity contribution in [3.05, 3.63) is 0 Å². The second-order valence-electron chi connectivity index (χ2n) is 4.44. The van der Waals surface area contributed by atoms with E-state index < -0.39 is 11.8 Å². The molecule has 104 valence electrons. The number of methoxy groups -OCH3 is 1. The van der Waals surface area contributed by atoms with Crippen LogP contribution in [0.4, 0.5) is 0 Å². The standard InChI is InChI=1S/C12H23N3O3/c1-4-15(10(2)9-18-3)12(17)11(16)14-7-5-13-6-8-14/h10,13H,4-9H2,1-3H3. The molecule has 0 aromatic rings. The smallest absolute Gasteiger partial charge is 0.312 e. The van der Waals surface area contributed by atoms with Crippen LogP contribution in [0.3, 0.4) is 0 Å². The monoisotopic (exact) mass is 257 g/mol. The van der Waals surface area contributed by atoms with Crippen molar-refractivity contribution < 1.29 is 14.3 Å². The maximum absolute atomic E-state index is 12.1. The normalized spacial score (nSPS) is 17.4. The quantitative estimate of drug-likeness (QED) is 0.677. The summed E-state index contributed by atoms with van der Waals surface area (Å²) in [4.78, 5) is 27.4. The van der Waals surface area contributed by atoms with Gasteiger partial charge in [0.2, 0.25) is 0 Å². The lowest BCUT2D eigenvalue weighted by Crippen LogP contribution is -2.54. The number of amides is 2. The summed E-state index contributed by atoms with van der Waals surface area (Å²) < 4.78 is 5.03. The van der Waals surface area contributed by atoms with Gasteiger partial charge < -0.3 is 19.9 Å². The Labute approximate surface area is 108 Å². The predicted molar refractivity (Wildman–Crippen MR) is 68.2 cm³/mol. The molecule has 0 saturated carbocycles. The molecule has 1 aliphatic heterocycles. The van der Waals surface area contributed by atoms with Gasteiger partial charge >= 0.3 is 11.8 Å². The molecule has 1 fully saturated rings. The van der Waals surface area contributed by atoms with E-state index in [-0.39, 0.29) is 6.04 Å². The zero-order chi connectivity index (χ0) is 13.5. The van der Waals surface area contributed by atoms with Crippen LogP contribution >= 0.6 is 0 Å². The molecule has 0 radical (unpaired) electrons. The van der Waals surface area contributed by atoms with Gasteiger partial charge in [0.05, 0.1) is 12.6 Å². The van der Waals surface area contributed by atoms with Gasteiger partial charge in [-0.05, 0) is 13.8 Å². The number of piperazine rings is 1. The summed E-state index contributed by atoms with van der Waals surface area (Å²) in [5.41, 5.74) is 0. The van der Waals surface area contributed by atoms with E-state index in [1.807, 2.05) is 13.8 Å². The summed E-state index contributed by atoms with van der Waals surface area (Å²) in [6, 6.07) is -0.0839. The van der Waals surface area contributed by atoms with Crippen LogP contribution in [-0.4, -0.2) is 74.1 Å². The SMILES string of the molecule is CCN(C(=O)C(=O)N1CCNCC1)C(C)COC. The van der Waals surface area contributed by atoms with Gasteiger partial charge in [0, 0.05) is 39.8 Å². The Balaban J connectivity index is 2.61. The second-order valence-corrected chi connectivity index (χ2v) is 4.44. The van der Waals surface area contributed by atoms with Crippen LogP contribution in [0.5, 0.6) is 0 Å². The van der Waals surface area contributed by atoms with E-state index in [2.05, 4.69) is 5.32 Å². The molecule has 1 aliphatic rings. The number of rotatable bonds is 4. The van der Waals surface area contributed by atoms with Gasteiger partial charge in [-0.2, -0.15) is 0 Å². The summed E-state index contributed by atoms with van der Waals surface area (Å²) >= 11 is 0. The largest absolute Gasteiger partial charge is 0.383 e. The van der Waals surface area contributed by atoms with Crippen molar-refractivity contribution >= 4 is 11.8 Å². The molecule has 1 heterocycles. The van der Waals surface area contributed by atoms with Crippen LogP contribution in [0.15, 0.2) is 0 Å². The van der Waals surface area contributed by atoms with Gasteiger partial charge in [-0.1, -0.05) is 0 Å². The molecule has 1 saturated heterocycles. The van der Waals surface area contributed by atoms with Gasteiger partial charge in [-0.15, -0.1) is 0 Å². The third kappa shape index (κ3) is 3.68. The average Bonchev–Trinajstić information content (AvgIpc) is 2.40. The number of hydrogen-bond donors (Lipinski definition) is 1. The number of nitrogens with zero attached hydrogens (tertiary/aromatic N) is 2. The van der Waals surface area contributed by atoms with Gasteiger partial charge in [-0.3, -0.25) is 9.59 Å². The first-order chi connectivity index (χ1) is 8.61. The van der Waals surface area contributed by atoms with Crippen molar-refractivity contribution in [2.45, 2.75) is 19.9 Å². The fourth-order valence-corrected chi connectivity index (χ4v) is 2.11. The minimum Gasteiger partial charge on any atom is -0.383 e. The van der Waals surface area contributed by atoms with Crippen molar-refractivity contribution in [2.75, 3.05) is 46.4 Å². The van der Waals surface area contributed by atoms with Crippen molar-refractivity contribution in [3.8, 4) is 0 Å². The summed E-state index contributed by atoms with van der Waals surface area (Å²) in [7, 11) is 1.59. The molecule has 0 aliphatic carbocycles. The molecule has 1 unspecified atom stereocenters. The zero-order valence-corrected chi connectivity index (χ0v) is 11.4. The molecule has 6 heteroatoms. The Hall–Kier alpha value is -1.14. The maximum Gasteiger partial charge on any atom is 0.312 e. The number of carbonyl (C=O) groups is 2. The molecule has 1 rings (SSSR count). The predicted octanol–water partition coefficient (Wildman–Crippen LogP) is -0.698. The summed E-state index contributed by atoms with van der Waals surface area (Å²) in [5.74, 6) is -0.828. The summed E-state index contributed by atoms with van der Waals surface area (Å²) in [6.45, 7) is 7.40. The molecule has 0 spiro atoms. The van der Waals surface area contributed by atoms with E-state index in [0.717, 1.165) is 13.1 Å². The molecular weight excluding hydrogens is 234 g/mol. The lowest BCUT2D eigenvalue weighted by Gasteiger charge is -2.31. The third-order valence-corrected chi connectivity index (χ3v) is 3.13. The van der Waals surface area contributed by atoms with Crippen LogP contribution in [-0.2, 0) is 14.3 Å². The number of carbonyl (C=O) groups excluding carboxylic acids is 2. The number of nitrogens with one attached hydrogen (secondary N) is 1. The third-order valence-electron chi connectivity index (χ3n) is 3.13. The lowest BCUT2D eigenvalue weighted by molar-refractivity contribution is -0.153. The van der Waals surface area contributed by atoms with Crippen LogP contribution in [0.1, 0.15) is 13.8 Å². The number of likely N-dealkylation sites (N-methyl/N-ethyl adjacent to an activating group) is 1. The van der Waals surface area contributed by atoms with E-state index in [1.54, 1.807) is 16.9 Å². The van der Waals surface area contributed by atoms with Crippen molar-refractivity contribution in [2.24, 2.45) is 0 Å². The molecule has 18 heavy (non-hydrogen) atoms. The van der Waals surface area contributed by atoms with E-state index in [9.17, 15) is 9.59 Å². The molecule has 1 atom stereocenters. The fraction of sp³-hybridized carbons (Fsp3) is 0.833. The highest BCUT2D eigenvalue weighted by molar-refractivity contribution is 6.35. The molecule has 0 aromatic carbocycles. The van der Waals surface area contributed by atoms with Gasteiger partial charge in [-0.25, -0.2) is 0 Å². The topological polar surface area (TPSA) is 61.9 Å². The Morgan fingerprint density at radius 1 is 1.39 bits per heavy atom. The Kier molecular flexibility index (Phi) is 6.07. The molecular formula is C12H23N3O3. The zero-order valence-electron chi connectivity index (χ0n) is 11.4. The summed E-state index contributed by atoms with van der Waals surface area (Å²) in [6.07, 6.45) is 0. The molecule has 2 amide bonds. The van der Waals surface area contributed by atoms with Crippen molar-refractivity contribution in [3.63, 3.8) is 0 Å². The first-order valence-electron chi connectivity index (χ1n) is 6.41. The van der Waals surface area contributed by atoms with Crippen molar-refractivity contribution in [1.29, 1.82) is 0 Å². The first kappa shape index (κ1) is 14.9. The van der Waals surface area contributed by atoms with Gasteiger partial charge in [0.25, 0.3) is 0 Å². The highest BCUT2D eigenvalue weighted by atomic mass is 16.5. The Morgan fingerprint density at radius 2 is 2.00 bits per heavy atom. The first-order valence-corrected chi connectivity index (χ1v) is 6.41. The summed E-state index contributed by atoms with van der Waals surface area (Å²) in [5, 5.41) is 3.16. The van der Waals surface area contributed by atoms with E-state index in [0.29, 0.717) is 26.2 Å². The van der Waals surface area contributed by atoms with Gasteiger partial charge in [0.1, 0.15) is 0 Å². The number of hydrogen-bond acceptors (Lipinski definition) is 4. The minimum absolute atomic E-state index is 0.0839. The highest BCUT2D eigenvalue weighted by Gasteiger charge is 2.29. The van der Waals surface area contributed by atoms with Crippen LogP contribution in [0, 0.1) is 0 Å². The lowest BCUT2D eigenvalue weighted by atomic mass is 10.2. The fourth-order valence-electron chi connectivity index (χ4n) is 2.11. The Morgan fingerprint density at radius 3 is 2.50 bits per heavy atom. The highest BCUT2D eigenvalue weighted by Crippen LogP contribution is 2.04.